The second-order valence-electron chi connectivity index (χ2n) is 5.91. The first-order valence-corrected chi connectivity index (χ1v) is 9.01. The number of fused-ring (bicyclic) bond motifs is 1. The van der Waals surface area contributed by atoms with E-state index in [1.165, 1.54) is 10.9 Å². The molecule has 134 valence electrons. The van der Waals surface area contributed by atoms with Crippen molar-refractivity contribution in [2.24, 2.45) is 4.99 Å². The molecule has 3 rings (SSSR count). The molecule has 0 aliphatic heterocycles. The Kier molecular flexibility index (Phi) is 6.39. The van der Waals surface area contributed by atoms with Crippen molar-refractivity contribution in [3.63, 3.8) is 0 Å². The lowest BCUT2D eigenvalue weighted by Gasteiger charge is -2.12. The molecule has 2 heterocycles. The van der Waals surface area contributed by atoms with E-state index >= 15 is 0 Å². The molecule has 0 saturated heterocycles. The van der Waals surface area contributed by atoms with Crippen LogP contribution in [-0.2, 0) is 12.8 Å². The van der Waals surface area contributed by atoms with Gasteiger partial charge in [0.05, 0.1) is 5.52 Å². The molecule has 0 aliphatic rings. The van der Waals surface area contributed by atoms with Gasteiger partial charge in [-0.25, -0.2) is 4.98 Å². The molecule has 0 atom stereocenters. The van der Waals surface area contributed by atoms with Gasteiger partial charge < -0.3 is 10.6 Å². The van der Waals surface area contributed by atoms with Crippen LogP contribution in [0.25, 0.3) is 10.9 Å². The number of halogens is 1. The molecule has 0 unspecified atom stereocenters. The fourth-order valence-corrected chi connectivity index (χ4v) is 2.90. The monoisotopic (exact) mass is 367 g/mol. The van der Waals surface area contributed by atoms with Crippen molar-refractivity contribution in [3.8, 4) is 0 Å². The minimum Gasteiger partial charge on any atom is -0.356 e. The molecule has 5 nitrogen and oxygen atoms in total. The van der Waals surface area contributed by atoms with E-state index in [2.05, 4.69) is 49.9 Å². The Labute approximate surface area is 158 Å². The third kappa shape index (κ3) is 4.92. The van der Waals surface area contributed by atoms with E-state index in [1.807, 2.05) is 24.4 Å². The third-order valence-electron chi connectivity index (χ3n) is 4.12. The first-order chi connectivity index (χ1) is 12.8. The number of nitrogens with one attached hydrogen (secondary N) is 2. The maximum absolute atomic E-state index is 5.80. The average Bonchev–Trinajstić information content (AvgIpc) is 2.68. The predicted molar refractivity (Wildman–Crippen MR) is 108 cm³/mol. The molecule has 1 aromatic carbocycles. The third-order valence-corrected chi connectivity index (χ3v) is 4.35. The number of para-hydroxylation sites is 1. The van der Waals surface area contributed by atoms with Crippen LogP contribution in [0.15, 0.2) is 59.9 Å². The van der Waals surface area contributed by atoms with Crippen LogP contribution in [0.3, 0.4) is 0 Å². The molecule has 0 saturated carbocycles. The van der Waals surface area contributed by atoms with Crippen LogP contribution in [0.2, 0.25) is 5.15 Å². The van der Waals surface area contributed by atoms with Gasteiger partial charge >= 0.3 is 0 Å². The van der Waals surface area contributed by atoms with Crippen molar-refractivity contribution < 1.29 is 0 Å². The summed E-state index contributed by atoms with van der Waals surface area (Å²) in [5.74, 6) is 0.792. The van der Waals surface area contributed by atoms with E-state index in [0.29, 0.717) is 5.15 Å². The summed E-state index contributed by atoms with van der Waals surface area (Å²) in [5, 5.41) is 8.36. The highest BCUT2D eigenvalue weighted by atomic mass is 35.5. The van der Waals surface area contributed by atoms with E-state index in [4.69, 9.17) is 11.6 Å². The quantitative estimate of drug-likeness (QED) is 0.399. The number of rotatable bonds is 6. The van der Waals surface area contributed by atoms with Crippen LogP contribution in [0.5, 0.6) is 0 Å². The van der Waals surface area contributed by atoms with Gasteiger partial charge in [0.2, 0.25) is 0 Å². The van der Waals surface area contributed by atoms with E-state index in [0.717, 1.165) is 43.0 Å². The number of aromatic nitrogens is 2. The summed E-state index contributed by atoms with van der Waals surface area (Å²) in [6.45, 7) is 1.57. The Morgan fingerprint density at radius 2 is 1.81 bits per heavy atom. The Morgan fingerprint density at radius 3 is 2.58 bits per heavy atom. The Hall–Kier alpha value is -2.66. The molecular weight excluding hydrogens is 346 g/mol. The summed E-state index contributed by atoms with van der Waals surface area (Å²) in [6.07, 6.45) is 5.38. The lowest BCUT2D eigenvalue weighted by Crippen LogP contribution is -2.39. The van der Waals surface area contributed by atoms with Gasteiger partial charge in [0.15, 0.2) is 5.96 Å². The van der Waals surface area contributed by atoms with E-state index in [-0.39, 0.29) is 0 Å². The maximum Gasteiger partial charge on any atom is 0.190 e. The van der Waals surface area contributed by atoms with Gasteiger partial charge in [-0.3, -0.25) is 9.98 Å². The highest BCUT2D eigenvalue weighted by Gasteiger charge is 2.03. The van der Waals surface area contributed by atoms with Crippen LogP contribution >= 0.6 is 11.6 Å². The second kappa shape index (κ2) is 9.15. The fraction of sp³-hybridized carbons (Fsp3) is 0.250. The van der Waals surface area contributed by atoms with Crippen LogP contribution in [0.4, 0.5) is 0 Å². The number of hydrogen-bond acceptors (Lipinski definition) is 3. The van der Waals surface area contributed by atoms with Gasteiger partial charge in [0, 0.05) is 37.9 Å². The molecule has 6 heteroatoms. The lowest BCUT2D eigenvalue weighted by atomic mass is 10.1. The SMILES string of the molecule is CN=C(NCCc1ccc(Cl)nc1)NCCc1cccc2cccnc12. The number of nitrogens with zero attached hydrogens (tertiary/aromatic N) is 3. The van der Waals surface area contributed by atoms with Crippen molar-refractivity contribution >= 4 is 28.5 Å². The summed E-state index contributed by atoms with van der Waals surface area (Å²) in [5.41, 5.74) is 3.44. The topological polar surface area (TPSA) is 62.2 Å². The molecule has 0 radical (unpaired) electrons. The molecule has 2 aromatic heterocycles. The van der Waals surface area contributed by atoms with Crippen molar-refractivity contribution in [3.05, 3.63) is 71.1 Å². The van der Waals surface area contributed by atoms with Crippen molar-refractivity contribution in [2.75, 3.05) is 20.1 Å². The largest absolute Gasteiger partial charge is 0.356 e. The zero-order chi connectivity index (χ0) is 18.2. The van der Waals surface area contributed by atoms with Gasteiger partial charge in [-0.05, 0) is 36.1 Å². The van der Waals surface area contributed by atoms with Crippen LogP contribution < -0.4 is 10.6 Å². The van der Waals surface area contributed by atoms with E-state index < -0.39 is 0 Å². The lowest BCUT2D eigenvalue weighted by molar-refractivity contribution is 0.784. The predicted octanol–water partition coefficient (Wildman–Crippen LogP) is 3.23. The first kappa shape index (κ1) is 18.1. The smallest absolute Gasteiger partial charge is 0.190 e. The first-order valence-electron chi connectivity index (χ1n) is 8.64. The molecule has 2 N–H and O–H groups in total. The highest BCUT2D eigenvalue weighted by Crippen LogP contribution is 2.15. The summed E-state index contributed by atoms with van der Waals surface area (Å²) in [4.78, 5) is 12.9. The Bertz CT molecular complexity index is 872. The molecule has 0 bridgehead atoms. The van der Waals surface area contributed by atoms with E-state index in [1.54, 1.807) is 13.2 Å². The normalized spacial score (nSPS) is 11.5. The molecular formula is C20H22ClN5. The summed E-state index contributed by atoms with van der Waals surface area (Å²) >= 11 is 5.80. The van der Waals surface area contributed by atoms with Crippen LogP contribution in [-0.4, -0.2) is 36.1 Å². The number of guanidine groups is 1. The van der Waals surface area contributed by atoms with Crippen molar-refractivity contribution in [1.29, 1.82) is 0 Å². The Balaban J connectivity index is 1.47. The standard InChI is InChI=1S/C20H22ClN5/c1-22-20(24-12-9-15-7-8-18(21)26-14-15)25-13-10-17-5-2-4-16-6-3-11-23-19(16)17/h2-8,11,14H,9-10,12-13H2,1H3,(H2,22,24,25). The van der Waals surface area contributed by atoms with E-state index in [9.17, 15) is 0 Å². The molecule has 0 aliphatic carbocycles. The Morgan fingerprint density at radius 1 is 1.00 bits per heavy atom. The highest BCUT2D eigenvalue weighted by molar-refractivity contribution is 6.29. The number of aliphatic imine (C=N–C) groups is 1. The average molecular weight is 368 g/mol. The number of hydrogen-bond donors (Lipinski definition) is 2. The minimum absolute atomic E-state index is 0.516. The fourth-order valence-electron chi connectivity index (χ4n) is 2.78. The van der Waals surface area contributed by atoms with Crippen molar-refractivity contribution in [2.45, 2.75) is 12.8 Å². The number of pyridine rings is 2. The van der Waals surface area contributed by atoms with Gasteiger partial charge in [-0.2, -0.15) is 0 Å². The molecule has 26 heavy (non-hydrogen) atoms. The van der Waals surface area contributed by atoms with Gasteiger partial charge in [0.1, 0.15) is 5.15 Å². The van der Waals surface area contributed by atoms with Gasteiger partial charge in [0.25, 0.3) is 0 Å². The van der Waals surface area contributed by atoms with Gasteiger partial charge in [-0.1, -0.05) is 41.9 Å². The summed E-state index contributed by atoms with van der Waals surface area (Å²) < 4.78 is 0. The number of benzene rings is 1. The minimum atomic E-state index is 0.516. The molecule has 0 amide bonds. The van der Waals surface area contributed by atoms with Crippen LogP contribution in [0, 0.1) is 0 Å². The maximum atomic E-state index is 5.80. The molecule has 0 spiro atoms. The van der Waals surface area contributed by atoms with Crippen LogP contribution in [0.1, 0.15) is 11.1 Å². The van der Waals surface area contributed by atoms with Crippen molar-refractivity contribution in [1.82, 2.24) is 20.6 Å². The summed E-state index contributed by atoms with van der Waals surface area (Å²) in [6, 6.07) is 14.1. The zero-order valence-corrected chi connectivity index (χ0v) is 15.5. The molecule has 3 aromatic rings. The van der Waals surface area contributed by atoms with Gasteiger partial charge in [-0.15, -0.1) is 0 Å². The zero-order valence-electron chi connectivity index (χ0n) is 14.7. The molecule has 0 fully saturated rings. The second-order valence-corrected chi connectivity index (χ2v) is 6.29. The summed E-state index contributed by atoms with van der Waals surface area (Å²) in [7, 11) is 1.78.